The molecule has 0 saturated heterocycles. The van der Waals surface area contributed by atoms with Crippen molar-refractivity contribution in [2.45, 2.75) is 20.8 Å². The van der Waals surface area contributed by atoms with E-state index in [9.17, 15) is 0 Å². The van der Waals surface area contributed by atoms with E-state index in [1.165, 1.54) is 16.7 Å². The van der Waals surface area contributed by atoms with Gasteiger partial charge in [0.15, 0.2) is 0 Å². The van der Waals surface area contributed by atoms with Gasteiger partial charge >= 0.3 is 20.1 Å². The normalized spacial score (nSPS) is 9.68. The zero-order valence-electron chi connectivity index (χ0n) is 22.8. The van der Waals surface area contributed by atoms with Gasteiger partial charge in [-0.2, -0.15) is 0 Å². The molecule has 6 aromatic rings. The van der Waals surface area contributed by atoms with Gasteiger partial charge in [0.25, 0.3) is 0 Å². The Balaban J connectivity index is 0.000000163. The van der Waals surface area contributed by atoms with Crippen molar-refractivity contribution >= 4 is 0 Å². The van der Waals surface area contributed by atoms with Gasteiger partial charge in [-0.3, -0.25) is 0 Å². The minimum Gasteiger partial charge on any atom is -0.304 e. The molecule has 3 nitrogen and oxygen atoms in total. The van der Waals surface area contributed by atoms with Crippen LogP contribution in [0, 0.1) is 39.0 Å². The number of nitrogens with zero attached hydrogens (tertiary/aromatic N) is 3. The molecule has 0 bridgehead atoms. The van der Waals surface area contributed by atoms with E-state index in [4.69, 9.17) is 0 Å². The standard InChI is InChI=1S/3C12H10N.Ir/c3*1-10-6-5-9-13-12(10)11-7-3-2-4-8-11;/h3*2-7,9H,1H3;/q3*-1;+3. The first kappa shape index (κ1) is 30.3. The molecule has 3 aromatic heterocycles. The molecular formula is C36H30IrN3. The first-order valence-corrected chi connectivity index (χ1v) is 12.8. The molecule has 4 heteroatoms. The summed E-state index contributed by atoms with van der Waals surface area (Å²) >= 11 is 0. The number of rotatable bonds is 3. The van der Waals surface area contributed by atoms with Crippen LogP contribution in [0.5, 0.6) is 0 Å². The largest absolute Gasteiger partial charge is 3.00 e. The van der Waals surface area contributed by atoms with Crippen LogP contribution < -0.4 is 0 Å². The summed E-state index contributed by atoms with van der Waals surface area (Å²) in [6.07, 6.45) is 5.43. The van der Waals surface area contributed by atoms with Gasteiger partial charge in [0, 0.05) is 18.6 Å². The van der Waals surface area contributed by atoms with E-state index in [2.05, 4.69) is 72.1 Å². The van der Waals surface area contributed by atoms with Crippen LogP contribution in [0.4, 0.5) is 0 Å². The zero-order valence-corrected chi connectivity index (χ0v) is 25.2. The molecular weight excluding hydrogens is 667 g/mol. The summed E-state index contributed by atoms with van der Waals surface area (Å²) in [5, 5.41) is 0. The van der Waals surface area contributed by atoms with E-state index in [0.717, 1.165) is 33.8 Å². The number of benzene rings is 3. The van der Waals surface area contributed by atoms with Crippen LogP contribution in [0.1, 0.15) is 16.7 Å². The molecule has 0 spiro atoms. The van der Waals surface area contributed by atoms with Crippen molar-refractivity contribution in [1.82, 2.24) is 15.0 Å². The van der Waals surface area contributed by atoms with E-state index in [0.29, 0.717) is 0 Å². The third kappa shape index (κ3) is 8.64. The fourth-order valence-corrected chi connectivity index (χ4v) is 3.92. The van der Waals surface area contributed by atoms with Crippen LogP contribution in [-0.2, 0) is 20.1 Å². The summed E-state index contributed by atoms with van der Waals surface area (Å²) < 4.78 is 0. The van der Waals surface area contributed by atoms with E-state index in [-0.39, 0.29) is 20.1 Å². The summed E-state index contributed by atoms with van der Waals surface area (Å²) in [7, 11) is 0. The third-order valence-corrected chi connectivity index (χ3v) is 5.92. The van der Waals surface area contributed by atoms with Crippen molar-refractivity contribution in [3.63, 3.8) is 0 Å². The summed E-state index contributed by atoms with van der Waals surface area (Å²) in [5.74, 6) is 0. The first-order chi connectivity index (χ1) is 19.1. The first-order valence-electron chi connectivity index (χ1n) is 12.8. The minimum absolute atomic E-state index is 0. The van der Waals surface area contributed by atoms with Crippen molar-refractivity contribution in [3.05, 3.63) is 163 Å². The second kappa shape index (κ2) is 16.0. The number of pyridine rings is 3. The number of hydrogen-bond acceptors (Lipinski definition) is 3. The molecule has 0 radical (unpaired) electrons. The van der Waals surface area contributed by atoms with E-state index >= 15 is 0 Å². The predicted molar refractivity (Wildman–Crippen MR) is 160 cm³/mol. The Morgan fingerprint density at radius 2 is 0.700 bits per heavy atom. The molecule has 198 valence electrons. The van der Waals surface area contributed by atoms with Gasteiger partial charge in [-0.1, -0.05) is 34.9 Å². The van der Waals surface area contributed by atoms with Gasteiger partial charge in [-0.15, -0.1) is 108 Å². The fourth-order valence-electron chi connectivity index (χ4n) is 3.92. The second-order valence-corrected chi connectivity index (χ2v) is 8.84. The molecule has 0 aliphatic heterocycles. The van der Waals surface area contributed by atoms with Crippen molar-refractivity contribution in [3.8, 4) is 33.8 Å². The van der Waals surface area contributed by atoms with Crippen LogP contribution >= 0.6 is 0 Å². The quantitative estimate of drug-likeness (QED) is 0.174. The molecule has 0 aliphatic carbocycles. The van der Waals surface area contributed by atoms with Gasteiger partial charge in [0.2, 0.25) is 0 Å². The summed E-state index contributed by atoms with van der Waals surface area (Å²) in [4.78, 5) is 13.0. The van der Waals surface area contributed by atoms with E-state index in [1.54, 1.807) is 0 Å². The molecule has 6 rings (SSSR count). The number of hydrogen-bond donors (Lipinski definition) is 0. The maximum Gasteiger partial charge on any atom is 3.00 e. The molecule has 0 saturated carbocycles. The molecule has 0 atom stereocenters. The third-order valence-electron chi connectivity index (χ3n) is 5.92. The average molecular weight is 697 g/mol. The Morgan fingerprint density at radius 1 is 0.400 bits per heavy atom. The summed E-state index contributed by atoms with van der Waals surface area (Å²) in [6.45, 7) is 6.18. The number of aromatic nitrogens is 3. The van der Waals surface area contributed by atoms with Crippen LogP contribution in [0.3, 0.4) is 0 Å². The van der Waals surface area contributed by atoms with Crippen LogP contribution in [-0.4, -0.2) is 15.0 Å². The molecule has 0 N–H and O–H groups in total. The minimum atomic E-state index is 0. The van der Waals surface area contributed by atoms with Crippen LogP contribution in [0.2, 0.25) is 0 Å². The zero-order chi connectivity index (χ0) is 27.3. The van der Waals surface area contributed by atoms with Gasteiger partial charge in [-0.25, -0.2) is 0 Å². The molecule has 0 unspecified atom stereocenters. The molecule has 40 heavy (non-hydrogen) atoms. The van der Waals surface area contributed by atoms with Gasteiger partial charge in [0.05, 0.1) is 0 Å². The SMILES string of the molecule is Cc1cccnc1-c1[c-]cccc1.Cc1cccnc1-c1[c-]cccc1.Cc1cccnc1-c1[c-]cccc1.[Ir+3]. The van der Waals surface area contributed by atoms with Crippen LogP contribution in [0.15, 0.2) is 128 Å². The van der Waals surface area contributed by atoms with Crippen molar-refractivity contribution in [2.24, 2.45) is 0 Å². The van der Waals surface area contributed by atoms with Gasteiger partial charge < -0.3 is 15.0 Å². The predicted octanol–water partition coefficient (Wildman–Crippen LogP) is 8.57. The summed E-state index contributed by atoms with van der Waals surface area (Å²) in [5.41, 5.74) is 9.77. The summed E-state index contributed by atoms with van der Waals surface area (Å²) in [6, 6.07) is 45.2. The van der Waals surface area contributed by atoms with Crippen molar-refractivity contribution in [2.75, 3.05) is 0 Å². The molecule has 3 aromatic carbocycles. The Bertz CT molecular complexity index is 1380. The molecule has 0 aliphatic rings. The monoisotopic (exact) mass is 697 g/mol. The van der Waals surface area contributed by atoms with Crippen molar-refractivity contribution < 1.29 is 20.1 Å². The Morgan fingerprint density at radius 3 is 0.925 bits per heavy atom. The molecule has 0 fully saturated rings. The van der Waals surface area contributed by atoms with Gasteiger partial charge in [0.1, 0.15) is 0 Å². The number of aryl methyl sites for hydroxylation is 3. The Kier molecular flexibility index (Phi) is 12.1. The van der Waals surface area contributed by atoms with E-state index < -0.39 is 0 Å². The smallest absolute Gasteiger partial charge is 0.304 e. The Labute approximate surface area is 251 Å². The maximum absolute atomic E-state index is 4.32. The van der Waals surface area contributed by atoms with Crippen molar-refractivity contribution in [1.29, 1.82) is 0 Å². The Hall–Kier alpha value is -4.24. The molecule has 0 amide bonds. The maximum atomic E-state index is 4.32. The fraction of sp³-hybridized carbons (Fsp3) is 0.0833. The second-order valence-electron chi connectivity index (χ2n) is 8.84. The van der Waals surface area contributed by atoms with E-state index in [1.807, 2.05) is 110 Å². The average Bonchev–Trinajstić information content (AvgIpc) is 3.00. The topological polar surface area (TPSA) is 38.7 Å². The molecule has 3 heterocycles. The van der Waals surface area contributed by atoms with Crippen LogP contribution in [0.25, 0.3) is 33.8 Å². The van der Waals surface area contributed by atoms with Gasteiger partial charge in [-0.05, 0) is 56.1 Å².